The molecule has 0 radical (unpaired) electrons. The van der Waals surface area contributed by atoms with Crippen molar-refractivity contribution in [2.45, 2.75) is 18.4 Å². The molecule has 0 atom stereocenters. The second-order valence-corrected chi connectivity index (χ2v) is 8.61. The lowest BCUT2D eigenvalue weighted by molar-refractivity contribution is 0.0950. The predicted molar refractivity (Wildman–Crippen MR) is 112 cm³/mol. The number of ether oxygens (including phenoxy) is 2. The van der Waals surface area contributed by atoms with Crippen LogP contribution in [0.2, 0.25) is 0 Å². The van der Waals surface area contributed by atoms with Crippen molar-refractivity contribution in [1.29, 1.82) is 0 Å². The van der Waals surface area contributed by atoms with Crippen LogP contribution in [0.1, 0.15) is 21.5 Å². The largest absolute Gasteiger partial charge is 0.454 e. The van der Waals surface area contributed by atoms with Gasteiger partial charge in [-0.3, -0.25) is 9.52 Å². The van der Waals surface area contributed by atoms with E-state index in [-0.39, 0.29) is 29.5 Å². The molecule has 9 heteroatoms. The normalized spacial score (nSPS) is 12.5. The van der Waals surface area contributed by atoms with Gasteiger partial charge in [0.1, 0.15) is 5.82 Å². The van der Waals surface area contributed by atoms with Crippen LogP contribution in [0, 0.1) is 12.7 Å². The summed E-state index contributed by atoms with van der Waals surface area (Å²) >= 11 is 0. The van der Waals surface area contributed by atoms with Crippen LogP contribution in [0.25, 0.3) is 0 Å². The Labute approximate surface area is 178 Å². The van der Waals surface area contributed by atoms with Crippen molar-refractivity contribution in [1.82, 2.24) is 5.32 Å². The molecule has 3 aromatic rings. The molecule has 0 saturated carbocycles. The van der Waals surface area contributed by atoms with Gasteiger partial charge in [0.25, 0.3) is 15.9 Å². The standard InChI is InChI=1S/C22H19FN2O5S/c1-14-6-8-16(31(27,28)25-19-5-3-2-4-18(19)23)11-17(14)22(26)24-12-15-7-9-20-21(10-15)30-13-29-20/h2-11,25H,12-13H2,1H3,(H,24,26). The first-order valence-corrected chi connectivity index (χ1v) is 10.9. The Bertz CT molecular complexity index is 1260. The molecule has 160 valence electrons. The number of hydrogen-bond acceptors (Lipinski definition) is 5. The first kappa shape index (κ1) is 20.7. The minimum absolute atomic E-state index is 0.144. The summed E-state index contributed by atoms with van der Waals surface area (Å²) in [4.78, 5) is 12.6. The van der Waals surface area contributed by atoms with Gasteiger partial charge in [-0.25, -0.2) is 12.8 Å². The van der Waals surface area contributed by atoms with Gasteiger partial charge in [-0.2, -0.15) is 0 Å². The van der Waals surface area contributed by atoms with Crippen molar-refractivity contribution in [3.05, 3.63) is 83.2 Å². The molecule has 7 nitrogen and oxygen atoms in total. The topological polar surface area (TPSA) is 93.7 Å². The zero-order chi connectivity index (χ0) is 22.0. The van der Waals surface area contributed by atoms with Crippen molar-refractivity contribution >= 4 is 21.6 Å². The molecule has 31 heavy (non-hydrogen) atoms. The first-order chi connectivity index (χ1) is 14.8. The van der Waals surface area contributed by atoms with Gasteiger partial charge in [-0.15, -0.1) is 0 Å². The fourth-order valence-electron chi connectivity index (χ4n) is 3.09. The van der Waals surface area contributed by atoms with Crippen molar-refractivity contribution in [3.8, 4) is 11.5 Å². The van der Waals surface area contributed by atoms with Crippen molar-refractivity contribution in [3.63, 3.8) is 0 Å². The number of benzene rings is 3. The Morgan fingerprint density at radius 3 is 2.61 bits per heavy atom. The number of para-hydroxylation sites is 1. The van der Waals surface area contributed by atoms with Crippen molar-refractivity contribution in [2.24, 2.45) is 0 Å². The summed E-state index contributed by atoms with van der Waals surface area (Å²) in [5, 5.41) is 2.77. The molecule has 1 amide bonds. The molecule has 1 heterocycles. The third-order valence-electron chi connectivity index (χ3n) is 4.77. The number of rotatable bonds is 6. The molecular weight excluding hydrogens is 423 g/mol. The second-order valence-electron chi connectivity index (χ2n) is 6.93. The second kappa shape index (κ2) is 8.27. The Balaban J connectivity index is 1.51. The van der Waals surface area contributed by atoms with Gasteiger partial charge < -0.3 is 14.8 Å². The Morgan fingerprint density at radius 2 is 1.81 bits per heavy atom. The highest BCUT2D eigenvalue weighted by Gasteiger charge is 2.20. The fourth-order valence-corrected chi connectivity index (χ4v) is 4.18. The van der Waals surface area contributed by atoms with Gasteiger partial charge >= 0.3 is 0 Å². The maximum atomic E-state index is 13.8. The van der Waals surface area contributed by atoms with Crippen LogP contribution < -0.4 is 19.5 Å². The number of amides is 1. The number of carbonyl (C=O) groups is 1. The van der Waals surface area contributed by atoms with Gasteiger partial charge in [0.2, 0.25) is 6.79 Å². The third-order valence-corrected chi connectivity index (χ3v) is 6.14. The van der Waals surface area contributed by atoms with Crippen LogP contribution in [0.4, 0.5) is 10.1 Å². The summed E-state index contributed by atoms with van der Waals surface area (Å²) in [5.74, 6) is 0.124. The molecule has 2 N–H and O–H groups in total. The number of hydrogen-bond donors (Lipinski definition) is 2. The summed E-state index contributed by atoms with van der Waals surface area (Å²) in [6.45, 7) is 2.09. The van der Waals surface area contributed by atoms with Crippen LogP contribution in [0.3, 0.4) is 0 Å². The average molecular weight is 442 g/mol. The van der Waals surface area contributed by atoms with E-state index in [4.69, 9.17) is 9.47 Å². The van der Waals surface area contributed by atoms with Gasteiger partial charge in [0.05, 0.1) is 10.6 Å². The van der Waals surface area contributed by atoms with Crippen LogP contribution >= 0.6 is 0 Å². The lowest BCUT2D eigenvalue weighted by atomic mass is 10.1. The third kappa shape index (κ3) is 4.46. The van der Waals surface area contributed by atoms with E-state index >= 15 is 0 Å². The van der Waals surface area contributed by atoms with E-state index in [2.05, 4.69) is 10.0 Å². The van der Waals surface area contributed by atoms with Gasteiger partial charge in [0.15, 0.2) is 11.5 Å². The molecule has 0 aromatic heterocycles. The number of halogens is 1. The smallest absolute Gasteiger partial charge is 0.262 e. The molecule has 0 fully saturated rings. The highest BCUT2D eigenvalue weighted by Crippen LogP contribution is 2.32. The SMILES string of the molecule is Cc1ccc(S(=O)(=O)Nc2ccccc2F)cc1C(=O)NCc1ccc2c(c1)OCO2. The first-order valence-electron chi connectivity index (χ1n) is 9.38. The Hall–Kier alpha value is -3.59. The molecule has 4 rings (SSSR count). The van der Waals surface area contributed by atoms with E-state index in [9.17, 15) is 17.6 Å². The van der Waals surface area contributed by atoms with Gasteiger partial charge in [-0.1, -0.05) is 24.3 Å². The van der Waals surface area contributed by atoms with E-state index in [1.54, 1.807) is 25.1 Å². The average Bonchev–Trinajstić information content (AvgIpc) is 3.21. The monoisotopic (exact) mass is 442 g/mol. The molecule has 0 bridgehead atoms. The summed E-state index contributed by atoms with van der Waals surface area (Å²) in [6.07, 6.45) is 0. The summed E-state index contributed by atoms with van der Waals surface area (Å²) in [6, 6.07) is 15.0. The van der Waals surface area contributed by atoms with Crippen LogP contribution in [-0.2, 0) is 16.6 Å². The van der Waals surface area contributed by atoms with Gasteiger partial charge in [0, 0.05) is 12.1 Å². The van der Waals surface area contributed by atoms with E-state index < -0.39 is 21.7 Å². The van der Waals surface area contributed by atoms with E-state index in [0.29, 0.717) is 17.1 Å². The fraction of sp³-hybridized carbons (Fsp3) is 0.136. The lowest BCUT2D eigenvalue weighted by Gasteiger charge is -2.12. The Kier molecular flexibility index (Phi) is 5.51. The van der Waals surface area contributed by atoms with Crippen LogP contribution in [0.15, 0.2) is 65.6 Å². The van der Waals surface area contributed by atoms with E-state index in [0.717, 1.165) is 11.6 Å². The highest BCUT2D eigenvalue weighted by molar-refractivity contribution is 7.92. The van der Waals surface area contributed by atoms with Crippen LogP contribution in [0.5, 0.6) is 11.5 Å². The maximum absolute atomic E-state index is 13.8. The zero-order valence-electron chi connectivity index (χ0n) is 16.5. The number of anilines is 1. The quantitative estimate of drug-likeness (QED) is 0.609. The van der Waals surface area contributed by atoms with Crippen molar-refractivity contribution < 1.29 is 27.1 Å². The summed E-state index contributed by atoms with van der Waals surface area (Å²) < 4.78 is 52.0. The minimum Gasteiger partial charge on any atom is -0.454 e. The van der Waals surface area contributed by atoms with Crippen molar-refractivity contribution in [2.75, 3.05) is 11.5 Å². The number of aryl methyl sites for hydroxylation is 1. The number of sulfonamides is 1. The molecule has 0 spiro atoms. The summed E-state index contributed by atoms with van der Waals surface area (Å²) in [5.41, 5.74) is 1.45. The molecule has 3 aromatic carbocycles. The zero-order valence-corrected chi connectivity index (χ0v) is 17.3. The molecule has 0 unspecified atom stereocenters. The summed E-state index contributed by atoms with van der Waals surface area (Å²) in [7, 11) is -4.08. The molecule has 0 aliphatic carbocycles. The molecular formula is C22H19FN2O5S. The number of carbonyl (C=O) groups excluding carboxylic acids is 1. The predicted octanol–water partition coefficient (Wildman–Crippen LogP) is 3.59. The lowest BCUT2D eigenvalue weighted by Crippen LogP contribution is -2.24. The molecule has 0 saturated heterocycles. The molecule has 1 aliphatic rings. The Morgan fingerprint density at radius 1 is 1.03 bits per heavy atom. The highest BCUT2D eigenvalue weighted by atomic mass is 32.2. The van der Waals surface area contributed by atoms with E-state index in [1.807, 2.05) is 0 Å². The van der Waals surface area contributed by atoms with E-state index in [1.165, 1.54) is 36.4 Å². The number of nitrogens with one attached hydrogen (secondary N) is 2. The maximum Gasteiger partial charge on any atom is 0.262 e. The van der Waals surface area contributed by atoms with Gasteiger partial charge in [-0.05, 0) is 54.4 Å². The molecule has 1 aliphatic heterocycles. The van der Waals surface area contributed by atoms with Crippen LogP contribution in [-0.4, -0.2) is 21.1 Å². The minimum atomic E-state index is -4.08. The number of fused-ring (bicyclic) bond motifs is 1.